The molecule has 11 nitrogen and oxygen atoms in total. The molecular formula is C14H13F3N8O3S2. The first-order valence-corrected chi connectivity index (χ1v) is 10.4. The van der Waals surface area contributed by atoms with E-state index in [0.29, 0.717) is 22.0 Å². The van der Waals surface area contributed by atoms with Crippen LogP contribution in [0.3, 0.4) is 0 Å². The largest absolute Gasteiger partial charge is 0.477 e. The van der Waals surface area contributed by atoms with Crippen LogP contribution in [0.25, 0.3) is 0 Å². The third-order valence-corrected chi connectivity index (χ3v) is 6.63. The van der Waals surface area contributed by atoms with E-state index in [1.165, 1.54) is 22.9 Å². The van der Waals surface area contributed by atoms with Crippen LogP contribution in [0.4, 0.5) is 19.1 Å². The predicted octanol–water partition coefficient (Wildman–Crippen LogP) is 0.785. The van der Waals surface area contributed by atoms with Crippen LogP contribution in [0.2, 0.25) is 0 Å². The number of thioether (sulfide) groups is 2. The Morgan fingerprint density at radius 1 is 1.47 bits per heavy atom. The molecule has 0 saturated carbocycles. The second kappa shape index (κ2) is 7.82. The number of halogens is 3. The molecule has 2 aromatic rings. The maximum absolute atomic E-state index is 12.6. The molecule has 30 heavy (non-hydrogen) atoms. The van der Waals surface area contributed by atoms with Crippen molar-refractivity contribution in [1.82, 2.24) is 35.1 Å². The predicted molar refractivity (Wildman–Crippen MR) is 98.3 cm³/mol. The second-order valence-corrected chi connectivity index (χ2v) is 8.30. The number of aliphatic carboxylic acids is 1. The van der Waals surface area contributed by atoms with Crippen LogP contribution in [-0.2, 0) is 16.1 Å². The van der Waals surface area contributed by atoms with Gasteiger partial charge in [0.15, 0.2) is 0 Å². The quantitative estimate of drug-likeness (QED) is 0.399. The molecule has 0 aliphatic carbocycles. The highest BCUT2D eigenvalue weighted by Crippen LogP contribution is 2.42. The third kappa shape index (κ3) is 3.96. The number of β-lactam (4-membered cyclic amide) rings is 1. The van der Waals surface area contributed by atoms with E-state index in [1.54, 1.807) is 6.20 Å². The fourth-order valence-electron chi connectivity index (χ4n) is 3.01. The van der Waals surface area contributed by atoms with Gasteiger partial charge in [0.25, 0.3) is 5.91 Å². The number of hydrogen-bond donors (Lipinski definition) is 3. The highest BCUT2D eigenvalue weighted by molar-refractivity contribution is 8.01. The van der Waals surface area contributed by atoms with E-state index in [0.717, 1.165) is 11.8 Å². The van der Waals surface area contributed by atoms with Gasteiger partial charge < -0.3 is 15.4 Å². The zero-order chi connectivity index (χ0) is 21.5. The van der Waals surface area contributed by atoms with Gasteiger partial charge in [0.2, 0.25) is 11.1 Å². The molecule has 1 unspecified atom stereocenters. The first-order chi connectivity index (χ1) is 14.2. The lowest BCUT2D eigenvalue weighted by atomic mass is 10.0. The van der Waals surface area contributed by atoms with Crippen molar-refractivity contribution < 1.29 is 27.9 Å². The lowest BCUT2D eigenvalue weighted by Crippen LogP contribution is -2.67. The van der Waals surface area contributed by atoms with Gasteiger partial charge in [0, 0.05) is 23.9 Å². The van der Waals surface area contributed by atoms with Gasteiger partial charge in [-0.2, -0.15) is 13.2 Å². The Bertz CT molecular complexity index is 993. The fourth-order valence-corrected chi connectivity index (χ4v) is 5.37. The number of H-pyrrole nitrogens is 1. The topological polar surface area (TPSA) is 142 Å². The number of alkyl halides is 3. The third-order valence-electron chi connectivity index (χ3n) is 4.24. The first kappa shape index (κ1) is 20.5. The summed E-state index contributed by atoms with van der Waals surface area (Å²) in [6.07, 6.45) is -1.40. The Balaban J connectivity index is 1.49. The Morgan fingerprint density at radius 2 is 2.27 bits per heavy atom. The van der Waals surface area contributed by atoms with E-state index in [-0.39, 0.29) is 16.6 Å². The number of hydrogen-bond acceptors (Lipinski definition) is 9. The highest BCUT2D eigenvalue weighted by Gasteiger charge is 2.53. The zero-order valence-corrected chi connectivity index (χ0v) is 16.5. The van der Waals surface area contributed by atoms with Gasteiger partial charge in [0.05, 0.1) is 0 Å². The maximum Gasteiger partial charge on any atom is 0.408 e. The highest BCUT2D eigenvalue weighted by atomic mass is 32.2. The number of nitrogens with one attached hydrogen (secondary N) is 2. The first-order valence-electron chi connectivity index (χ1n) is 8.36. The number of imidazole rings is 1. The summed E-state index contributed by atoms with van der Waals surface area (Å²) in [5.41, 5.74) is 0.240. The molecule has 0 radical (unpaired) electrons. The Morgan fingerprint density at radius 3 is 2.93 bits per heavy atom. The van der Waals surface area contributed by atoms with E-state index in [9.17, 15) is 27.9 Å². The van der Waals surface area contributed by atoms with Crippen LogP contribution >= 0.6 is 23.5 Å². The Labute approximate surface area is 174 Å². The smallest absolute Gasteiger partial charge is 0.408 e. The van der Waals surface area contributed by atoms with E-state index in [2.05, 4.69) is 30.8 Å². The van der Waals surface area contributed by atoms with Gasteiger partial charge in [-0.1, -0.05) is 11.8 Å². The summed E-state index contributed by atoms with van der Waals surface area (Å²) in [6, 6.07) is -0.635. The van der Waals surface area contributed by atoms with Gasteiger partial charge in [-0.3, -0.25) is 9.69 Å². The standard InChI is InChI=1S/C14H13F3N8O3S2/c15-14(16,17)5-24-13(21-22-23-24)30-4-6-3-29-10-7(20-12-18-1-2-19-12)9(26)25(10)8(6)11(27)28/h1-2,7,10H,3-5H2,(H,27,28)(H2,18,19,20)/t7?,10-/m0/s1. The minimum absolute atomic E-state index is 0.0274. The van der Waals surface area contributed by atoms with Crippen LogP contribution in [-0.4, -0.2) is 81.2 Å². The average molecular weight is 462 g/mol. The van der Waals surface area contributed by atoms with Gasteiger partial charge in [0.1, 0.15) is 23.7 Å². The number of carbonyl (C=O) groups excluding carboxylic acids is 1. The number of nitrogens with zero attached hydrogens (tertiary/aromatic N) is 6. The minimum atomic E-state index is -4.50. The van der Waals surface area contributed by atoms with Crippen molar-refractivity contribution in [3.05, 3.63) is 23.7 Å². The van der Waals surface area contributed by atoms with Crippen LogP contribution in [0.5, 0.6) is 0 Å². The normalized spacial score (nSPS) is 21.4. The molecule has 160 valence electrons. The average Bonchev–Trinajstić information content (AvgIpc) is 3.34. The number of fused-ring (bicyclic) bond motifs is 1. The number of anilines is 1. The summed E-state index contributed by atoms with van der Waals surface area (Å²) in [7, 11) is 0. The molecule has 2 aliphatic heterocycles. The van der Waals surface area contributed by atoms with Crippen molar-refractivity contribution in [2.45, 2.75) is 29.3 Å². The second-order valence-electron chi connectivity index (χ2n) is 6.25. The van der Waals surface area contributed by atoms with Crippen molar-refractivity contribution in [3.8, 4) is 0 Å². The van der Waals surface area contributed by atoms with Crippen molar-refractivity contribution in [2.24, 2.45) is 0 Å². The Hall–Kier alpha value is -2.75. The van der Waals surface area contributed by atoms with Crippen molar-refractivity contribution in [2.75, 3.05) is 16.8 Å². The number of aromatic amines is 1. The van der Waals surface area contributed by atoms with Gasteiger partial charge >= 0.3 is 12.1 Å². The zero-order valence-electron chi connectivity index (χ0n) is 14.8. The molecule has 4 rings (SSSR count). The molecule has 2 atom stereocenters. The number of carboxylic acids is 1. The monoisotopic (exact) mass is 462 g/mol. The fraction of sp³-hybridized carbons (Fsp3) is 0.429. The number of rotatable bonds is 7. The van der Waals surface area contributed by atoms with E-state index >= 15 is 0 Å². The molecule has 1 amide bonds. The minimum Gasteiger partial charge on any atom is -0.477 e. The molecule has 0 spiro atoms. The maximum atomic E-state index is 12.6. The molecule has 4 heterocycles. The van der Waals surface area contributed by atoms with Gasteiger partial charge in [-0.15, -0.1) is 16.9 Å². The number of tetrazole rings is 1. The van der Waals surface area contributed by atoms with Gasteiger partial charge in [-0.25, -0.2) is 14.5 Å². The van der Waals surface area contributed by atoms with Crippen molar-refractivity contribution in [1.29, 1.82) is 0 Å². The Kier molecular flexibility index (Phi) is 5.35. The summed E-state index contributed by atoms with van der Waals surface area (Å²) in [4.78, 5) is 32.4. The molecule has 3 N–H and O–H groups in total. The molecule has 0 aromatic carbocycles. The number of carboxylic acid groups (broad SMARTS) is 1. The number of aromatic nitrogens is 6. The number of amides is 1. The summed E-state index contributed by atoms with van der Waals surface area (Å²) >= 11 is 2.23. The summed E-state index contributed by atoms with van der Waals surface area (Å²) in [5, 5.41) is 22.2. The summed E-state index contributed by atoms with van der Waals surface area (Å²) < 4.78 is 38.4. The van der Waals surface area contributed by atoms with Crippen molar-refractivity contribution in [3.63, 3.8) is 0 Å². The lowest BCUT2D eigenvalue weighted by Gasteiger charge is -2.49. The molecule has 1 fully saturated rings. The van der Waals surface area contributed by atoms with E-state index < -0.39 is 36.0 Å². The van der Waals surface area contributed by atoms with Crippen LogP contribution < -0.4 is 5.32 Å². The SMILES string of the molecule is O=C(O)C1=C(CSc2nnnn2CC(F)(F)F)CS[C@H]2C(Nc3ncc[nH]3)C(=O)N12. The summed E-state index contributed by atoms with van der Waals surface area (Å²) in [6.45, 7) is -1.35. The van der Waals surface area contributed by atoms with Crippen molar-refractivity contribution >= 4 is 41.3 Å². The molecule has 1 saturated heterocycles. The molecule has 16 heteroatoms. The number of carbonyl (C=O) groups is 2. The van der Waals surface area contributed by atoms with Crippen LogP contribution in [0, 0.1) is 0 Å². The van der Waals surface area contributed by atoms with Crippen LogP contribution in [0.1, 0.15) is 0 Å². The van der Waals surface area contributed by atoms with E-state index in [1.807, 2.05) is 0 Å². The molecule has 0 bridgehead atoms. The summed E-state index contributed by atoms with van der Waals surface area (Å²) in [5.74, 6) is -0.992. The van der Waals surface area contributed by atoms with Gasteiger partial charge in [-0.05, 0) is 16.0 Å². The molecule has 2 aromatic heterocycles. The lowest BCUT2D eigenvalue weighted by molar-refractivity contribution is -0.147. The molecular weight excluding hydrogens is 449 g/mol. The van der Waals surface area contributed by atoms with Crippen LogP contribution in [0.15, 0.2) is 28.8 Å². The molecule has 2 aliphatic rings. The van der Waals surface area contributed by atoms with E-state index in [4.69, 9.17) is 0 Å².